The zero-order chi connectivity index (χ0) is 18.2. The Kier molecular flexibility index (Phi) is 6.37. The molecule has 1 aliphatic carbocycles. The van der Waals surface area contributed by atoms with Crippen molar-refractivity contribution < 1.29 is 14.3 Å². The molecule has 0 amide bonds. The Morgan fingerprint density at radius 2 is 1.73 bits per heavy atom. The molecule has 3 rings (SSSR count). The van der Waals surface area contributed by atoms with E-state index < -0.39 is 0 Å². The zero-order valence-electron chi connectivity index (χ0n) is 14.9. The fraction of sp³-hybridized carbons (Fsp3) is 0.304. The zero-order valence-corrected chi connectivity index (χ0v) is 14.9. The van der Waals surface area contributed by atoms with E-state index in [-0.39, 0.29) is 5.78 Å². The minimum absolute atomic E-state index is 0.242. The second-order valence-electron chi connectivity index (χ2n) is 6.78. The van der Waals surface area contributed by atoms with Gasteiger partial charge in [0, 0.05) is 12.0 Å². The third kappa shape index (κ3) is 5.16. The van der Waals surface area contributed by atoms with Gasteiger partial charge >= 0.3 is 0 Å². The van der Waals surface area contributed by atoms with Crippen LogP contribution in [0.5, 0.6) is 5.75 Å². The van der Waals surface area contributed by atoms with Gasteiger partial charge in [0.1, 0.15) is 12.0 Å². The van der Waals surface area contributed by atoms with Crippen LogP contribution in [0.2, 0.25) is 0 Å². The molecule has 0 fully saturated rings. The predicted molar refractivity (Wildman–Crippen MR) is 103 cm³/mol. The van der Waals surface area contributed by atoms with Crippen LogP contribution in [0, 0.1) is 0 Å². The van der Waals surface area contributed by atoms with Gasteiger partial charge in [-0.25, -0.2) is 0 Å². The lowest BCUT2D eigenvalue weighted by molar-refractivity contribution is -0.115. The van der Waals surface area contributed by atoms with E-state index in [9.17, 15) is 9.59 Å². The molecule has 0 bridgehead atoms. The maximum Gasteiger partial charge on any atom is 0.156 e. The first kappa shape index (κ1) is 18.1. The molecule has 0 saturated heterocycles. The van der Waals surface area contributed by atoms with Gasteiger partial charge in [-0.1, -0.05) is 35.9 Å². The van der Waals surface area contributed by atoms with Gasteiger partial charge < -0.3 is 4.74 Å². The van der Waals surface area contributed by atoms with Crippen molar-refractivity contribution in [3.8, 4) is 5.75 Å². The van der Waals surface area contributed by atoms with E-state index in [2.05, 4.69) is 12.1 Å². The number of ether oxygens (including phenoxy) is 1. The first-order valence-corrected chi connectivity index (χ1v) is 9.20. The van der Waals surface area contributed by atoms with E-state index in [1.807, 2.05) is 36.4 Å². The normalized spacial score (nSPS) is 16.8. The maximum absolute atomic E-state index is 12.1. The third-order valence-corrected chi connectivity index (χ3v) is 4.77. The number of carbonyl (C=O) groups excluding carboxylic acids is 2. The van der Waals surface area contributed by atoms with E-state index in [4.69, 9.17) is 4.74 Å². The Morgan fingerprint density at radius 1 is 0.962 bits per heavy atom. The third-order valence-electron chi connectivity index (χ3n) is 4.77. The van der Waals surface area contributed by atoms with Crippen LogP contribution < -0.4 is 4.74 Å². The molecule has 0 spiro atoms. The molecule has 26 heavy (non-hydrogen) atoms. The van der Waals surface area contributed by atoms with Gasteiger partial charge in [-0.2, -0.15) is 0 Å². The first-order valence-electron chi connectivity index (χ1n) is 9.20. The SMILES string of the molecule is O=Cc1ccc(OCCCCC2=CC(=O)CC(c3ccccc3)C2)cc1. The molecule has 0 N–H and O–H groups in total. The number of ketones is 1. The largest absolute Gasteiger partial charge is 0.494 e. The average Bonchev–Trinajstić information content (AvgIpc) is 2.68. The van der Waals surface area contributed by atoms with Crippen molar-refractivity contribution in [2.45, 2.75) is 38.0 Å². The monoisotopic (exact) mass is 348 g/mol. The molecule has 1 aliphatic rings. The van der Waals surface area contributed by atoms with Gasteiger partial charge in [0.25, 0.3) is 0 Å². The molecule has 3 nitrogen and oxygen atoms in total. The number of hydrogen-bond acceptors (Lipinski definition) is 3. The Hall–Kier alpha value is -2.68. The van der Waals surface area contributed by atoms with E-state index in [1.165, 1.54) is 11.1 Å². The summed E-state index contributed by atoms with van der Waals surface area (Å²) in [4.78, 5) is 22.7. The molecule has 0 radical (unpaired) electrons. The molecule has 1 unspecified atom stereocenters. The van der Waals surface area contributed by atoms with Crippen molar-refractivity contribution in [1.29, 1.82) is 0 Å². The molecule has 0 aromatic heterocycles. The van der Waals surface area contributed by atoms with Crippen LogP contribution in [0.4, 0.5) is 0 Å². The molecule has 0 saturated carbocycles. The fourth-order valence-corrected chi connectivity index (χ4v) is 3.40. The van der Waals surface area contributed by atoms with Crippen molar-refractivity contribution >= 4 is 12.1 Å². The minimum Gasteiger partial charge on any atom is -0.494 e. The van der Waals surface area contributed by atoms with Gasteiger partial charge in [-0.3, -0.25) is 9.59 Å². The smallest absolute Gasteiger partial charge is 0.156 e. The number of unbranched alkanes of at least 4 members (excludes halogenated alkanes) is 1. The second-order valence-corrected chi connectivity index (χ2v) is 6.78. The quantitative estimate of drug-likeness (QED) is 0.491. The summed E-state index contributed by atoms with van der Waals surface area (Å²) in [7, 11) is 0. The summed E-state index contributed by atoms with van der Waals surface area (Å²) in [6, 6.07) is 17.5. The summed E-state index contributed by atoms with van der Waals surface area (Å²) in [6.07, 6.45) is 7.16. The number of carbonyl (C=O) groups is 2. The molecule has 2 aromatic rings. The first-order chi connectivity index (χ1) is 12.7. The number of allylic oxidation sites excluding steroid dienone is 2. The molecule has 1 atom stereocenters. The van der Waals surface area contributed by atoms with Gasteiger partial charge in [-0.15, -0.1) is 0 Å². The van der Waals surface area contributed by atoms with Crippen molar-refractivity contribution in [2.75, 3.05) is 6.61 Å². The van der Waals surface area contributed by atoms with Crippen LogP contribution in [0.25, 0.3) is 0 Å². The van der Waals surface area contributed by atoms with Crippen LogP contribution in [-0.2, 0) is 4.79 Å². The summed E-state index contributed by atoms with van der Waals surface area (Å²) in [5.41, 5.74) is 3.17. The highest BCUT2D eigenvalue weighted by Crippen LogP contribution is 2.33. The van der Waals surface area contributed by atoms with Gasteiger partial charge in [-0.05, 0) is 67.5 Å². The summed E-state index contributed by atoms with van der Waals surface area (Å²) < 4.78 is 5.70. The molecule has 3 heteroatoms. The molecular weight excluding hydrogens is 324 g/mol. The lowest BCUT2D eigenvalue weighted by atomic mass is 9.82. The Labute approximate surface area is 154 Å². The maximum atomic E-state index is 12.1. The molecular formula is C23H24O3. The van der Waals surface area contributed by atoms with E-state index >= 15 is 0 Å². The number of rotatable bonds is 8. The van der Waals surface area contributed by atoms with Crippen molar-refractivity contribution in [2.24, 2.45) is 0 Å². The Balaban J connectivity index is 1.42. The van der Waals surface area contributed by atoms with Crippen molar-refractivity contribution in [3.63, 3.8) is 0 Å². The van der Waals surface area contributed by atoms with Gasteiger partial charge in [0.2, 0.25) is 0 Å². The van der Waals surface area contributed by atoms with Gasteiger partial charge in [0.05, 0.1) is 6.61 Å². The summed E-state index contributed by atoms with van der Waals surface area (Å²) in [6.45, 7) is 0.643. The van der Waals surface area contributed by atoms with Crippen LogP contribution in [-0.4, -0.2) is 18.7 Å². The lowest BCUT2D eigenvalue weighted by Crippen LogP contribution is -2.13. The van der Waals surface area contributed by atoms with Crippen LogP contribution >= 0.6 is 0 Å². The van der Waals surface area contributed by atoms with Crippen LogP contribution in [0.1, 0.15) is 53.9 Å². The van der Waals surface area contributed by atoms with Crippen LogP contribution in [0.15, 0.2) is 66.2 Å². The number of hydrogen-bond donors (Lipinski definition) is 0. The number of benzene rings is 2. The highest BCUT2D eigenvalue weighted by molar-refractivity contribution is 5.92. The van der Waals surface area contributed by atoms with Gasteiger partial charge in [0.15, 0.2) is 5.78 Å². The minimum atomic E-state index is 0.242. The highest BCUT2D eigenvalue weighted by atomic mass is 16.5. The van der Waals surface area contributed by atoms with Crippen LogP contribution in [0.3, 0.4) is 0 Å². The topological polar surface area (TPSA) is 43.4 Å². The molecule has 2 aromatic carbocycles. The second kappa shape index (κ2) is 9.14. The summed E-state index contributed by atoms with van der Waals surface area (Å²) >= 11 is 0. The lowest BCUT2D eigenvalue weighted by Gasteiger charge is -2.22. The highest BCUT2D eigenvalue weighted by Gasteiger charge is 2.21. The molecule has 0 heterocycles. The average molecular weight is 348 g/mol. The van der Waals surface area contributed by atoms with E-state index in [0.29, 0.717) is 24.5 Å². The molecule has 134 valence electrons. The molecule has 0 aliphatic heterocycles. The Morgan fingerprint density at radius 3 is 2.46 bits per heavy atom. The number of aldehydes is 1. The summed E-state index contributed by atoms with van der Waals surface area (Å²) in [5.74, 6) is 1.34. The Bertz CT molecular complexity index is 760. The predicted octanol–water partition coefficient (Wildman–Crippen LogP) is 5.12. The van der Waals surface area contributed by atoms with E-state index in [0.717, 1.165) is 37.7 Å². The summed E-state index contributed by atoms with van der Waals surface area (Å²) in [5, 5.41) is 0. The van der Waals surface area contributed by atoms with Crippen molar-refractivity contribution in [1.82, 2.24) is 0 Å². The fourth-order valence-electron chi connectivity index (χ4n) is 3.40. The van der Waals surface area contributed by atoms with Crippen molar-refractivity contribution in [3.05, 3.63) is 77.4 Å². The van der Waals surface area contributed by atoms with E-state index in [1.54, 1.807) is 12.1 Å². The standard InChI is InChI=1S/C23H24O3/c24-17-18-9-11-23(12-10-18)26-13-5-4-6-19-14-21(16-22(25)15-19)20-7-2-1-3-8-20/h1-3,7-12,15,17,21H,4-6,13-14,16H2.